The standard InChI is InChI=1S/C16H11FO4/c17-12-6-4-10(5-7-12)13(16(18)19)8-11-2-1-3-14-15(11)21-9-20-14/h1-8H,9H2,(H,18,19)/b13-8+. The van der Waals surface area contributed by atoms with Gasteiger partial charge in [0.1, 0.15) is 5.82 Å². The Bertz CT molecular complexity index is 720. The van der Waals surface area contributed by atoms with E-state index >= 15 is 0 Å². The average molecular weight is 286 g/mol. The molecule has 2 aromatic carbocycles. The number of benzene rings is 2. The zero-order valence-corrected chi connectivity index (χ0v) is 10.9. The summed E-state index contributed by atoms with van der Waals surface area (Å²) in [6.45, 7) is 0.110. The van der Waals surface area contributed by atoms with Gasteiger partial charge in [-0.2, -0.15) is 0 Å². The molecule has 4 nitrogen and oxygen atoms in total. The van der Waals surface area contributed by atoms with Gasteiger partial charge in [-0.05, 0) is 29.8 Å². The lowest BCUT2D eigenvalue weighted by Crippen LogP contribution is -2.00. The molecule has 0 saturated carbocycles. The number of carbonyl (C=O) groups is 1. The number of ether oxygens (including phenoxy) is 2. The molecule has 1 aliphatic rings. The molecule has 0 aliphatic carbocycles. The van der Waals surface area contributed by atoms with E-state index in [1.54, 1.807) is 18.2 Å². The predicted octanol–water partition coefficient (Wildman–Crippen LogP) is 3.18. The molecule has 3 rings (SSSR count). The van der Waals surface area contributed by atoms with Crippen LogP contribution >= 0.6 is 0 Å². The third-order valence-electron chi connectivity index (χ3n) is 3.11. The van der Waals surface area contributed by atoms with Crippen molar-refractivity contribution >= 4 is 17.6 Å². The average Bonchev–Trinajstić information content (AvgIpc) is 2.95. The number of carboxylic acid groups (broad SMARTS) is 1. The molecule has 106 valence electrons. The van der Waals surface area contributed by atoms with Crippen LogP contribution in [-0.2, 0) is 4.79 Å². The molecule has 0 radical (unpaired) electrons. The number of para-hydroxylation sites is 1. The lowest BCUT2D eigenvalue weighted by Gasteiger charge is -2.05. The van der Waals surface area contributed by atoms with Gasteiger partial charge < -0.3 is 14.6 Å². The van der Waals surface area contributed by atoms with Crippen LogP contribution in [0.5, 0.6) is 11.5 Å². The van der Waals surface area contributed by atoms with E-state index in [2.05, 4.69) is 0 Å². The first-order chi connectivity index (χ1) is 10.1. The Hall–Kier alpha value is -2.82. The lowest BCUT2D eigenvalue weighted by atomic mass is 10.0. The first-order valence-corrected chi connectivity index (χ1v) is 6.25. The van der Waals surface area contributed by atoms with Crippen molar-refractivity contribution in [3.05, 3.63) is 59.4 Å². The molecular formula is C16H11FO4. The third kappa shape index (κ3) is 2.58. The van der Waals surface area contributed by atoms with Gasteiger partial charge in [-0.15, -0.1) is 0 Å². The number of hydrogen-bond donors (Lipinski definition) is 1. The minimum Gasteiger partial charge on any atom is -0.478 e. The van der Waals surface area contributed by atoms with E-state index in [1.165, 1.54) is 30.3 Å². The molecule has 0 fully saturated rings. The van der Waals surface area contributed by atoms with E-state index in [-0.39, 0.29) is 12.4 Å². The zero-order chi connectivity index (χ0) is 14.8. The SMILES string of the molecule is O=C(O)/C(=C/c1cccc2c1OCO2)c1ccc(F)cc1. The minimum absolute atomic E-state index is 0.0545. The Kier molecular flexibility index (Phi) is 3.31. The van der Waals surface area contributed by atoms with E-state index < -0.39 is 11.8 Å². The van der Waals surface area contributed by atoms with Crippen LogP contribution in [0, 0.1) is 5.82 Å². The van der Waals surface area contributed by atoms with Crippen LogP contribution < -0.4 is 9.47 Å². The van der Waals surface area contributed by atoms with Gasteiger partial charge in [-0.1, -0.05) is 24.3 Å². The zero-order valence-electron chi connectivity index (χ0n) is 10.9. The van der Waals surface area contributed by atoms with Crippen LogP contribution in [0.1, 0.15) is 11.1 Å². The Balaban J connectivity index is 2.08. The second-order valence-corrected chi connectivity index (χ2v) is 4.45. The van der Waals surface area contributed by atoms with Crippen molar-refractivity contribution in [1.82, 2.24) is 0 Å². The van der Waals surface area contributed by atoms with E-state index in [4.69, 9.17) is 9.47 Å². The second-order valence-electron chi connectivity index (χ2n) is 4.45. The molecule has 0 saturated heterocycles. The molecule has 0 spiro atoms. The first-order valence-electron chi connectivity index (χ1n) is 6.25. The minimum atomic E-state index is -1.10. The van der Waals surface area contributed by atoms with Crippen molar-refractivity contribution in [3.8, 4) is 11.5 Å². The summed E-state index contributed by atoms with van der Waals surface area (Å²) < 4.78 is 23.6. The normalized spacial score (nSPS) is 13.3. The van der Waals surface area contributed by atoms with Crippen molar-refractivity contribution in [2.75, 3.05) is 6.79 Å². The maximum absolute atomic E-state index is 13.0. The number of fused-ring (bicyclic) bond motifs is 1. The highest BCUT2D eigenvalue weighted by Crippen LogP contribution is 2.37. The van der Waals surface area contributed by atoms with Crippen LogP contribution in [0.3, 0.4) is 0 Å². The number of carboxylic acids is 1. The topological polar surface area (TPSA) is 55.8 Å². The molecular weight excluding hydrogens is 275 g/mol. The smallest absolute Gasteiger partial charge is 0.336 e. The summed E-state index contributed by atoms with van der Waals surface area (Å²) in [5.41, 5.74) is 1.08. The fraction of sp³-hybridized carbons (Fsp3) is 0.0625. The maximum atomic E-state index is 13.0. The molecule has 1 N–H and O–H groups in total. The molecule has 21 heavy (non-hydrogen) atoms. The molecule has 0 atom stereocenters. The summed E-state index contributed by atoms with van der Waals surface area (Å²) in [6.07, 6.45) is 1.49. The molecule has 1 aliphatic heterocycles. The Labute approximate surface area is 120 Å². The number of hydrogen-bond acceptors (Lipinski definition) is 3. The summed E-state index contributed by atoms with van der Waals surface area (Å²) in [5, 5.41) is 9.37. The van der Waals surface area contributed by atoms with Gasteiger partial charge in [0.25, 0.3) is 0 Å². The summed E-state index contributed by atoms with van der Waals surface area (Å²) in [7, 11) is 0. The van der Waals surface area contributed by atoms with Crippen molar-refractivity contribution in [2.24, 2.45) is 0 Å². The highest BCUT2D eigenvalue weighted by atomic mass is 19.1. The summed E-state index contributed by atoms with van der Waals surface area (Å²) in [6, 6.07) is 10.5. The largest absolute Gasteiger partial charge is 0.478 e. The fourth-order valence-corrected chi connectivity index (χ4v) is 2.12. The lowest BCUT2D eigenvalue weighted by molar-refractivity contribution is -0.130. The Morgan fingerprint density at radius 2 is 1.90 bits per heavy atom. The summed E-state index contributed by atoms with van der Waals surface area (Å²) >= 11 is 0. The van der Waals surface area contributed by atoms with Gasteiger partial charge in [-0.25, -0.2) is 9.18 Å². The molecule has 0 amide bonds. The van der Waals surface area contributed by atoms with E-state index in [0.29, 0.717) is 22.6 Å². The van der Waals surface area contributed by atoms with Gasteiger partial charge in [0.05, 0.1) is 5.57 Å². The van der Waals surface area contributed by atoms with Gasteiger partial charge in [0.2, 0.25) is 6.79 Å². The molecule has 5 heteroatoms. The van der Waals surface area contributed by atoms with Crippen LogP contribution in [0.4, 0.5) is 4.39 Å². The molecule has 2 aromatic rings. The third-order valence-corrected chi connectivity index (χ3v) is 3.11. The van der Waals surface area contributed by atoms with E-state index in [0.717, 1.165) is 0 Å². The van der Waals surface area contributed by atoms with Crippen molar-refractivity contribution < 1.29 is 23.8 Å². The van der Waals surface area contributed by atoms with Crippen LogP contribution in [-0.4, -0.2) is 17.9 Å². The van der Waals surface area contributed by atoms with Gasteiger partial charge >= 0.3 is 5.97 Å². The summed E-state index contributed by atoms with van der Waals surface area (Å²) in [5.74, 6) is -0.426. The number of aliphatic carboxylic acids is 1. The molecule has 1 heterocycles. The monoisotopic (exact) mass is 286 g/mol. The van der Waals surface area contributed by atoms with E-state index in [9.17, 15) is 14.3 Å². The quantitative estimate of drug-likeness (QED) is 0.695. The fourth-order valence-electron chi connectivity index (χ4n) is 2.12. The first kappa shape index (κ1) is 13.2. The Morgan fingerprint density at radius 1 is 1.14 bits per heavy atom. The van der Waals surface area contributed by atoms with Crippen LogP contribution in [0.15, 0.2) is 42.5 Å². The van der Waals surface area contributed by atoms with Crippen molar-refractivity contribution in [2.45, 2.75) is 0 Å². The van der Waals surface area contributed by atoms with Gasteiger partial charge in [0, 0.05) is 5.56 Å². The van der Waals surface area contributed by atoms with Gasteiger partial charge in [-0.3, -0.25) is 0 Å². The molecule has 0 aromatic heterocycles. The highest BCUT2D eigenvalue weighted by Gasteiger charge is 2.18. The molecule has 0 unspecified atom stereocenters. The Morgan fingerprint density at radius 3 is 2.62 bits per heavy atom. The number of halogens is 1. The summed E-state index contributed by atoms with van der Waals surface area (Å²) in [4.78, 5) is 11.5. The number of rotatable bonds is 3. The highest BCUT2D eigenvalue weighted by molar-refractivity contribution is 6.20. The second kappa shape index (κ2) is 5.28. The van der Waals surface area contributed by atoms with Crippen LogP contribution in [0.2, 0.25) is 0 Å². The molecule has 0 bridgehead atoms. The van der Waals surface area contributed by atoms with Crippen LogP contribution in [0.25, 0.3) is 11.6 Å². The maximum Gasteiger partial charge on any atom is 0.336 e. The van der Waals surface area contributed by atoms with Crippen molar-refractivity contribution in [1.29, 1.82) is 0 Å². The van der Waals surface area contributed by atoms with Crippen molar-refractivity contribution in [3.63, 3.8) is 0 Å². The van der Waals surface area contributed by atoms with Gasteiger partial charge in [0.15, 0.2) is 11.5 Å². The predicted molar refractivity (Wildman–Crippen MR) is 74.5 cm³/mol. The van der Waals surface area contributed by atoms with E-state index in [1.807, 2.05) is 0 Å².